The second-order valence-electron chi connectivity index (χ2n) is 5.46. The molecule has 0 saturated carbocycles. The molecule has 0 bridgehead atoms. The summed E-state index contributed by atoms with van der Waals surface area (Å²) < 4.78 is 24.6. The van der Waals surface area contributed by atoms with Gasteiger partial charge >= 0.3 is 0 Å². The highest BCUT2D eigenvalue weighted by molar-refractivity contribution is 7.88. The van der Waals surface area contributed by atoms with Crippen molar-refractivity contribution < 1.29 is 13.2 Å². The Labute approximate surface area is 126 Å². The number of nitrogens with one attached hydrogen (secondary N) is 1. The van der Waals surface area contributed by atoms with E-state index >= 15 is 0 Å². The molecule has 0 spiro atoms. The molecular weight excluding hydrogens is 288 g/mol. The summed E-state index contributed by atoms with van der Waals surface area (Å²) in [6, 6.07) is 7.70. The maximum Gasteiger partial charge on any atom is 0.228 e. The van der Waals surface area contributed by atoms with E-state index in [1.54, 1.807) is 0 Å². The van der Waals surface area contributed by atoms with Crippen molar-refractivity contribution in [2.45, 2.75) is 26.2 Å². The molecule has 1 aliphatic heterocycles. The van der Waals surface area contributed by atoms with Gasteiger partial charge in [0.2, 0.25) is 15.9 Å². The fourth-order valence-electron chi connectivity index (χ4n) is 2.64. The van der Waals surface area contributed by atoms with E-state index in [1.807, 2.05) is 31.2 Å². The Morgan fingerprint density at radius 3 is 2.76 bits per heavy atom. The van der Waals surface area contributed by atoms with Crippen LogP contribution in [0.4, 0.5) is 5.69 Å². The second-order valence-corrected chi connectivity index (χ2v) is 7.44. The van der Waals surface area contributed by atoms with Gasteiger partial charge in [-0.05, 0) is 30.9 Å². The van der Waals surface area contributed by atoms with Gasteiger partial charge in [-0.2, -0.15) is 0 Å². The molecule has 6 heteroatoms. The number of benzene rings is 1. The van der Waals surface area contributed by atoms with Gasteiger partial charge in [0.1, 0.15) is 0 Å². The van der Waals surface area contributed by atoms with Gasteiger partial charge < -0.3 is 5.32 Å². The van der Waals surface area contributed by atoms with Crippen LogP contribution in [0.15, 0.2) is 24.3 Å². The summed E-state index contributed by atoms with van der Waals surface area (Å²) >= 11 is 0. The topological polar surface area (TPSA) is 66.5 Å². The number of piperidine rings is 1. The molecule has 21 heavy (non-hydrogen) atoms. The number of sulfonamides is 1. The van der Waals surface area contributed by atoms with Crippen LogP contribution in [0.1, 0.15) is 25.3 Å². The SMILES string of the molecule is CCc1ccccc1NC(=O)C1CCCN(S(C)(=O)=O)C1. The normalized spacial score (nSPS) is 20.2. The van der Waals surface area contributed by atoms with E-state index < -0.39 is 10.0 Å². The number of anilines is 1. The van der Waals surface area contributed by atoms with E-state index in [0.29, 0.717) is 6.54 Å². The first-order valence-electron chi connectivity index (χ1n) is 7.25. The van der Waals surface area contributed by atoms with Gasteiger partial charge in [-0.3, -0.25) is 4.79 Å². The molecule has 1 aromatic carbocycles. The van der Waals surface area contributed by atoms with Crippen LogP contribution >= 0.6 is 0 Å². The number of carbonyl (C=O) groups is 1. The predicted octanol–water partition coefficient (Wildman–Crippen LogP) is 1.86. The lowest BCUT2D eigenvalue weighted by atomic mass is 9.98. The molecule has 2 rings (SSSR count). The minimum Gasteiger partial charge on any atom is -0.326 e. The average molecular weight is 310 g/mol. The zero-order valence-corrected chi connectivity index (χ0v) is 13.3. The highest BCUT2D eigenvalue weighted by atomic mass is 32.2. The van der Waals surface area contributed by atoms with Gasteiger partial charge in [0.15, 0.2) is 0 Å². The number of nitrogens with zero attached hydrogens (tertiary/aromatic N) is 1. The van der Waals surface area contributed by atoms with Crippen molar-refractivity contribution in [1.82, 2.24) is 4.31 Å². The van der Waals surface area contributed by atoms with E-state index in [-0.39, 0.29) is 18.4 Å². The number of amides is 1. The number of aryl methyl sites for hydroxylation is 1. The van der Waals surface area contributed by atoms with Gasteiger partial charge in [0, 0.05) is 18.8 Å². The molecule has 1 aromatic rings. The van der Waals surface area contributed by atoms with E-state index in [2.05, 4.69) is 5.32 Å². The molecule has 1 heterocycles. The maximum absolute atomic E-state index is 12.4. The minimum atomic E-state index is -3.22. The monoisotopic (exact) mass is 310 g/mol. The summed E-state index contributed by atoms with van der Waals surface area (Å²) in [5.74, 6) is -0.373. The molecule has 1 saturated heterocycles. The Balaban J connectivity index is 2.06. The number of hydrogen-bond acceptors (Lipinski definition) is 3. The molecule has 1 unspecified atom stereocenters. The van der Waals surface area contributed by atoms with Crippen LogP contribution in [-0.2, 0) is 21.2 Å². The maximum atomic E-state index is 12.4. The third-order valence-corrected chi connectivity index (χ3v) is 5.15. The summed E-state index contributed by atoms with van der Waals surface area (Å²) in [6.45, 7) is 2.82. The van der Waals surface area contributed by atoms with Crippen molar-refractivity contribution in [3.63, 3.8) is 0 Å². The largest absolute Gasteiger partial charge is 0.326 e. The second kappa shape index (κ2) is 6.58. The predicted molar refractivity (Wildman–Crippen MR) is 83.6 cm³/mol. The molecule has 0 radical (unpaired) electrons. The summed E-state index contributed by atoms with van der Waals surface area (Å²) in [4.78, 5) is 12.4. The lowest BCUT2D eigenvalue weighted by molar-refractivity contribution is -0.120. The molecule has 5 nitrogen and oxygen atoms in total. The van der Waals surface area contributed by atoms with Crippen molar-refractivity contribution in [1.29, 1.82) is 0 Å². The van der Waals surface area contributed by atoms with Crippen molar-refractivity contribution in [2.75, 3.05) is 24.7 Å². The van der Waals surface area contributed by atoms with Crippen molar-refractivity contribution in [3.8, 4) is 0 Å². The van der Waals surface area contributed by atoms with Crippen molar-refractivity contribution in [2.24, 2.45) is 5.92 Å². The van der Waals surface area contributed by atoms with Crippen LogP contribution in [0.3, 0.4) is 0 Å². The van der Waals surface area contributed by atoms with Crippen LogP contribution in [0.2, 0.25) is 0 Å². The third-order valence-electron chi connectivity index (χ3n) is 3.88. The van der Waals surface area contributed by atoms with E-state index in [4.69, 9.17) is 0 Å². The Bertz CT molecular complexity index is 613. The number of carbonyl (C=O) groups excluding carboxylic acids is 1. The number of rotatable bonds is 4. The van der Waals surface area contributed by atoms with Crippen LogP contribution in [0.5, 0.6) is 0 Å². The van der Waals surface area contributed by atoms with Crippen LogP contribution < -0.4 is 5.32 Å². The van der Waals surface area contributed by atoms with Crippen LogP contribution in [0.25, 0.3) is 0 Å². The number of para-hydroxylation sites is 1. The third kappa shape index (κ3) is 4.04. The highest BCUT2D eigenvalue weighted by Gasteiger charge is 2.30. The smallest absolute Gasteiger partial charge is 0.228 e. The quantitative estimate of drug-likeness (QED) is 0.923. The van der Waals surface area contributed by atoms with E-state index in [0.717, 1.165) is 30.5 Å². The fraction of sp³-hybridized carbons (Fsp3) is 0.533. The molecule has 0 aliphatic carbocycles. The first kappa shape index (κ1) is 16.0. The van der Waals surface area contributed by atoms with Gasteiger partial charge in [0.05, 0.1) is 12.2 Å². The molecule has 0 aromatic heterocycles. The zero-order valence-electron chi connectivity index (χ0n) is 12.5. The summed E-state index contributed by atoms with van der Waals surface area (Å²) in [5.41, 5.74) is 1.91. The summed E-state index contributed by atoms with van der Waals surface area (Å²) in [5, 5.41) is 2.94. The van der Waals surface area contributed by atoms with Crippen molar-refractivity contribution in [3.05, 3.63) is 29.8 Å². The Kier molecular flexibility index (Phi) is 5.00. The minimum absolute atomic E-state index is 0.0933. The molecule has 1 atom stereocenters. The lowest BCUT2D eigenvalue weighted by Gasteiger charge is -2.30. The molecule has 1 N–H and O–H groups in total. The first-order chi connectivity index (χ1) is 9.91. The Morgan fingerprint density at radius 2 is 2.10 bits per heavy atom. The molecule has 116 valence electrons. The summed E-state index contributed by atoms with van der Waals surface area (Å²) in [6.07, 6.45) is 3.49. The van der Waals surface area contributed by atoms with Gasteiger partial charge in [-0.25, -0.2) is 12.7 Å². The van der Waals surface area contributed by atoms with E-state index in [1.165, 1.54) is 10.6 Å². The Morgan fingerprint density at radius 1 is 1.38 bits per heavy atom. The van der Waals surface area contributed by atoms with Crippen molar-refractivity contribution >= 4 is 21.6 Å². The Hall–Kier alpha value is -1.40. The molecule has 1 amide bonds. The highest BCUT2D eigenvalue weighted by Crippen LogP contribution is 2.22. The average Bonchev–Trinajstić information content (AvgIpc) is 2.47. The zero-order chi connectivity index (χ0) is 15.5. The van der Waals surface area contributed by atoms with E-state index in [9.17, 15) is 13.2 Å². The van der Waals surface area contributed by atoms with Crippen LogP contribution in [-0.4, -0.2) is 38.0 Å². The fourth-order valence-corrected chi connectivity index (χ4v) is 3.55. The van der Waals surface area contributed by atoms with Crippen LogP contribution in [0, 0.1) is 5.92 Å². The van der Waals surface area contributed by atoms with Gasteiger partial charge in [-0.15, -0.1) is 0 Å². The van der Waals surface area contributed by atoms with Gasteiger partial charge in [-0.1, -0.05) is 25.1 Å². The molecule has 1 aliphatic rings. The first-order valence-corrected chi connectivity index (χ1v) is 9.10. The summed E-state index contributed by atoms with van der Waals surface area (Å²) in [7, 11) is -3.22. The lowest BCUT2D eigenvalue weighted by Crippen LogP contribution is -2.43. The number of hydrogen-bond donors (Lipinski definition) is 1. The molecule has 1 fully saturated rings. The standard InChI is InChI=1S/C15H22N2O3S/c1-3-12-7-4-5-9-14(12)16-15(18)13-8-6-10-17(11-13)21(2,19)20/h4-5,7,9,13H,3,6,8,10-11H2,1-2H3,(H,16,18). The van der Waals surface area contributed by atoms with Gasteiger partial charge in [0.25, 0.3) is 0 Å². The molecular formula is C15H22N2O3S.